The highest BCUT2D eigenvalue weighted by molar-refractivity contribution is 5.94. The maximum Gasteiger partial charge on any atom is 0.253 e. The first-order chi connectivity index (χ1) is 8.23. The second kappa shape index (κ2) is 5.35. The molecular weight excluding hydrogens is 228 g/mol. The monoisotopic (exact) mass is 250 g/mol. The number of hydrogen-bond acceptors (Lipinski definition) is 4. The van der Waals surface area contributed by atoms with Crippen LogP contribution in [-0.2, 0) is 0 Å². The molecule has 1 amide bonds. The van der Waals surface area contributed by atoms with Crippen molar-refractivity contribution in [3.8, 4) is 0 Å². The fourth-order valence-electron chi connectivity index (χ4n) is 1.87. The number of carbonyl (C=O) groups is 1. The summed E-state index contributed by atoms with van der Waals surface area (Å²) < 4.78 is 0. The van der Waals surface area contributed by atoms with Gasteiger partial charge in [-0.25, -0.2) is 10.8 Å². The van der Waals surface area contributed by atoms with E-state index in [-0.39, 0.29) is 11.3 Å². The predicted molar refractivity (Wildman–Crippen MR) is 73.2 cm³/mol. The first kappa shape index (κ1) is 14.4. The molecule has 1 heterocycles. The Labute approximate surface area is 108 Å². The van der Waals surface area contributed by atoms with Crippen LogP contribution < -0.4 is 11.3 Å². The van der Waals surface area contributed by atoms with Crippen molar-refractivity contribution in [1.29, 1.82) is 0 Å². The van der Waals surface area contributed by atoms with Crippen LogP contribution in [0.4, 0.5) is 5.82 Å². The van der Waals surface area contributed by atoms with E-state index in [0.29, 0.717) is 17.9 Å². The lowest BCUT2D eigenvalue weighted by Gasteiger charge is -2.26. The number of rotatable bonds is 3. The highest BCUT2D eigenvalue weighted by Crippen LogP contribution is 2.17. The first-order valence-corrected chi connectivity index (χ1v) is 5.94. The van der Waals surface area contributed by atoms with Crippen LogP contribution in [0.5, 0.6) is 0 Å². The van der Waals surface area contributed by atoms with E-state index in [9.17, 15) is 4.79 Å². The van der Waals surface area contributed by atoms with Crippen molar-refractivity contribution in [3.05, 3.63) is 23.4 Å². The van der Waals surface area contributed by atoms with Crippen molar-refractivity contribution in [2.24, 2.45) is 11.3 Å². The molecule has 0 unspecified atom stereocenters. The van der Waals surface area contributed by atoms with Crippen molar-refractivity contribution in [1.82, 2.24) is 9.88 Å². The zero-order valence-corrected chi connectivity index (χ0v) is 11.7. The molecule has 1 aromatic rings. The van der Waals surface area contributed by atoms with Crippen LogP contribution in [0.15, 0.2) is 12.1 Å². The molecule has 0 saturated heterocycles. The lowest BCUT2D eigenvalue weighted by atomic mass is 9.96. The summed E-state index contributed by atoms with van der Waals surface area (Å²) in [5.74, 6) is 5.81. The summed E-state index contributed by atoms with van der Waals surface area (Å²) in [6, 6.07) is 3.43. The number of nitrogens with one attached hydrogen (secondary N) is 1. The maximum atomic E-state index is 12.3. The molecule has 100 valence electrons. The van der Waals surface area contributed by atoms with Gasteiger partial charge in [-0.15, -0.1) is 0 Å². The molecular formula is C13H22N4O. The van der Waals surface area contributed by atoms with Crippen LogP contribution in [0.1, 0.15) is 36.8 Å². The van der Waals surface area contributed by atoms with Crippen LogP contribution in [0.3, 0.4) is 0 Å². The quantitative estimate of drug-likeness (QED) is 0.634. The number of hydrogen-bond donors (Lipinski definition) is 2. The summed E-state index contributed by atoms with van der Waals surface area (Å²) in [6.45, 7) is 8.82. The minimum atomic E-state index is -0.0214. The van der Waals surface area contributed by atoms with Gasteiger partial charge in [0.15, 0.2) is 0 Å². The first-order valence-electron chi connectivity index (χ1n) is 5.94. The zero-order chi connectivity index (χ0) is 13.9. The van der Waals surface area contributed by atoms with E-state index in [1.807, 2.05) is 6.92 Å². The van der Waals surface area contributed by atoms with Gasteiger partial charge in [-0.05, 0) is 24.5 Å². The molecule has 3 N–H and O–H groups in total. The second-order valence-electron chi connectivity index (χ2n) is 5.75. The number of nitrogen functional groups attached to an aromatic ring is 1. The average molecular weight is 250 g/mol. The number of hydrazine groups is 1. The third-order valence-corrected chi connectivity index (χ3v) is 2.41. The van der Waals surface area contributed by atoms with Crippen LogP contribution in [0, 0.1) is 12.3 Å². The van der Waals surface area contributed by atoms with Gasteiger partial charge in [-0.3, -0.25) is 4.79 Å². The smallest absolute Gasteiger partial charge is 0.253 e. The molecule has 0 aliphatic heterocycles. The molecule has 18 heavy (non-hydrogen) atoms. The molecule has 0 aliphatic rings. The van der Waals surface area contributed by atoms with Crippen LogP contribution >= 0.6 is 0 Å². The third kappa shape index (κ3) is 4.00. The molecule has 1 aromatic heterocycles. The predicted octanol–water partition coefficient (Wildman–Crippen LogP) is 1.79. The van der Waals surface area contributed by atoms with Crippen molar-refractivity contribution in [2.75, 3.05) is 19.0 Å². The largest absolute Gasteiger partial charge is 0.341 e. The van der Waals surface area contributed by atoms with Crippen molar-refractivity contribution >= 4 is 11.7 Å². The summed E-state index contributed by atoms with van der Waals surface area (Å²) in [5, 5.41) is 0. The zero-order valence-electron chi connectivity index (χ0n) is 11.7. The van der Waals surface area contributed by atoms with E-state index in [0.717, 1.165) is 5.69 Å². The molecule has 0 spiro atoms. The van der Waals surface area contributed by atoms with Crippen molar-refractivity contribution in [2.45, 2.75) is 27.7 Å². The minimum absolute atomic E-state index is 0.0214. The Kier molecular flexibility index (Phi) is 4.29. The Balaban J connectivity index is 2.93. The van der Waals surface area contributed by atoms with E-state index in [4.69, 9.17) is 5.84 Å². The Morgan fingerprint density at radius 1 is 1.44 bits per heavy atom. The van der Waals surface area contributed by atoms with Crippen LogP contribution in [-0.4, -0.2) is 29.4 Å². The van der Waals surface area contributed by atoms with E-state index in [1.165, 1.54) is 0 Å². The molecule has 0 atom stereocenters. The van der Waals surface area contributed by atoms with Gasteiger partial charge in [-0.1, -0.05) is 20.8 Å². The highest BCUT2D eigenvalue weighted by Gasteiger charge is 2.19. The number of aryl methyl sites for hydroxylation is 1. The lowest BCUT2D eigenvalue weighted by Crippen LogP contribution is -2.34. The number of anilines is 1. The highest BCUT2D eigenvalue weighted by atomic mass is 16.2. The van der Waals surface area contributed by atoms with Gasteiger partial charge in [0.1, 0.15) is 5.82 Å². The maximum absolute atomic E-state index is 12.3. The normalized spacial score (nSPS) is 11.2. The van der Waals surface area contributed by atoms with Gasteiger partial charge in [-0.2, -0.15) is 0 Å². The molecule has 0 saturated carbocycles. The summed E-state index contributed by atoms with van der Waals surface area (Å²) in [4.78, 5) is 18.2. The number of amides is 1. The third-order valence-electron chi connectivity index (χ3n) is 2.41. The Bertz CT molecular complexity index is 437. The molecule has 0 radical (unpaired) electrons. The number of nitrogens with two attached hydrogens (primary N) is 1. The van der Waals surface area contributed by atoms with Gasteiger partial charge < -0.3 is 10.3 Å². The molecule has 0 aromatic carbocycles. The number of nitrogens with zero attached hydrogens (tertiary/aromatic N) is 2. The van der Waals surface area contributed by atoms with E-state index >= 15 is 0 Å². The Morgan fingerprint density at radius 3 is 2.56 bits per heavy atom. The molecule has 5 nitrogen and oxygen atoms in total. The summed E-state index contributed by atoms with van der Waals surface area (Å²) in [5.41, 5.74) is 3.90. The van der Waals surface area contributed by atoms with Gasteiger partial charge in [0.25, 0.3) is 5.91 Å². The number of aromatic nitrogens is 1. The van der Waals surface area contributed by atoms with Gasteiger partial charge in [0, 0.05) is 24.8 Å². The molecule has 0 bridgehead atoms. The summed E-state index contributed by atoms with van der Waals surface area (Å²) in [6.07, 6.45) is 0. The Morgan fingerprint density at radius 2 is 2.06 bits per heavy atom. The lowest BCUT2D eigenvalue weighted by molar-refractivity contribution is 0.0745. The fraction of sp³-hybridized carbons (Fsp3) is 0.538. The molecule has 0 fully saturated rings. The standard InChI is InChI=1S/C13H22N4O/c1-9-6-10(7-11(15-9)16-14)12(18)17(5)8-13(2,3)4/h6-7H,8,14H2,1-5H3,(H,15,16). The van der Waals surface area contributed by atoms with E-state index < -0.39 is 0 Å². The SMILES string of the molecule is Cc1cc(C(=O)N(C)CC(C)(C)C)cc(NN)n1. The summed E-state index contributed by atoms with van der Waals surface area (Å²) >= 11 is 0. The van der Waals surface area contributed by atoms with Gasteiger partial charge in [0.2, 0.25) is 0 Å². The number of pyridine rings is 1. The second-order valence-corrected chi connectivity index (χ2v) is 5.75. The van der Waals surface area contributed by atoms with Crippen molar-refractivity contribution in [3.63, 3.8) is 0 Å². The van der Waals surface area contributed by atoms with Crippen molar-refractivity contribution < 1.29 is 4.79 Å². The molecule has 1 rings (SSSR count). The Hall–Kier alpha value is -1.62. The topological polar surface area (TPSA) is 71.2 Å². The minimum Gasteiger partial charge on any atom is -0.341 e. The number of carbonyl (C=O) groups excluding carboxylic acids is 1. The average Bonchev–Trinajstić information content (AvgIpc) is 2.24. The molecule has 5 heteroatoms. The van der Waals surface area contributed by atoms with E-state index in [2.05, 4.69) is 31.2 Å². The van der Waals surface area contributed by atoms with Gasteiger partial charge in [0.05, 0.1) is 0 Å². The van der Waals surface area contributed by atoms with Crippen LogP contribution in [0.2, 0.25) is 0 Å². The fourth-order valence-corrected chi connectivity index (χ4v) is 1.87. The van der Waals surface area contributed by atoms with Gasteiger partial charge >= 0.3 is 0 Å². The van der Waals surface area contributed by atoms with E-state index in [1.54, 1.807) is 24.1 Å². The summed E-state index contributed by atoms with van der Waals surface area (Å²) in [7, 11) is 1.80. The van der Waals surface area contributed by atoms with Crippen LogP contribution in [0.25, 0.3) is 0 Å². The molecule has 0 aliphatic carbocycles.